The van der Waals surface area contributed by atoms with E-state index in [0.717, 1.165) is 5.82 Å². The highest BCUT2D eigenvalue weighted by Gasteiger charge is 2.26. The molecule has 1 aromatic heterocycles. The van der Waals surface area contributed by atoms with E-state index in [0.29, 0.717) is 11.8 Å². The monoisotopic (exact) mass is 209 g/mol. The first-order chi connectivity index (χ1) is 7.07. The number of rotatable bonds is 2. The lowest BCUT2D eigenvalue weighted by atomic mass is 9.89. The molecule has 4 heteroatoms. The highest BCUT2D eigenvalue weighted by Crippen LogP contribution is 2.31. The van der Waals surface area contributed by atoms with Crippen molar-refractivity contribution in [3.63, 3.8) is 0 Å². The predicted molar refractivity (Wildman–Crippen MR) is 57.3 cm³/mol. The van der Waals surface area contributed by atoms with Crippen molar-refractivity contribution in [1.29, 1.82) is 0 Å². The molecule has 0 amide bonds. The van der Waals surface area contributed by atoms with Crippen LogP contribution in [0.5, 0.6) is 0 Å². The van der Waals surface area contributed by atoms with E-state index in [4.69, 9.17) is 10.3 Å². The minimum absolute atomic E-state index is 0.485. The normalized spacial score (nSPS) is 19.4. The number of hydrogen-bond donors (Lipinski definition) is 1. The summed E-state index contributed by atoms with van der Waals surface area (Å²) in [4.78, 5) is 4.40. The van der Waals surface area contributed by atoms with Crippen molar-refractivity contribution in [1.82, 2.24) is 10.1 Å². The van der Waals surface area contributed by atoms with E-state index < -0.39 is 5.54 Å². The summed E-state index contributed by atoms with van der Waals surface area (Å²) in [6, 6.07) is 0. The van der Waals surface area contributed by atoms with Crippen LogP contribution in [0.3, 0.4) is 0 Å². The molecule has 0 aromatic carbocycles. The maximum Gasteiger partial charge on any atom is 0.246 e. The number of hydrogen-bond acceptors (Lipinski definition) is 4. The van der Waals surface area contributed by atoms with E-state index in [1.165, 1.54) is 32.1 Å². The van der Waals surface area contributed by atoms with Crippen LogP contribution in [0.4, 0.5) is 0 Å². The van der Waals surface area contributed by atoms with Crippen molar-refractivity contribution in [2.45, 2.75) is 57.4 Å². The lowest BCUT2D eigenvalue weighted by Gasteiger charge is -2.17. The van der Waals surface area contributed by atoms with Crippen LogP contribution in [0.2, 0.25) is 0 Å². The lowest BCUT2D eigenvalue weighted by Crippen LogP contribution is -2.29. The molecule has 0 radical (unpaired) electrons. The molecule has 0 spiro atoms. The Kier molecular flexibility index (Phi) is 2.78. The van der Waals surface area contributed by atoms with Gasteiger partial charge in [0.05, 0.1) is 5.54 Å². The van der Waals surface area contributed by atoms with Gasteiger partial charge in [-0.05, 0) is 26.7 Å². The summed E-state index contributed by atoms with van der Waals surface area (Å²) in [5.74, 6) is 1.88. The summed E-state index contributed by atoms with van der Waals surface area (Å²) in [5, 5.41) is 4.04. The Morgan fingerprint density at radius 1 is 1.27 bits per heavy atom. The first-order valence-electron chi connectivity index (χ1n) is 5.70. The van der Waals surface area contributed by atoms with Gasteiger partial charge in [-0.15, -0.1) is 0 Å². The quantitative estimate of drug-likeness (QED) is 0.811. The summed E-state index contributed by atoms with van der Waals surface area (Å²) in [5.41, 5.74) is 5.38. The van der Waals surface area contributed by atoms with Crippen molar-refractivity contribution in [3.8, 4) is 0 Å². The second kappa shape index (κ2) is 3.93. The van der Waals surface area contributed by atoms with Crippen LogP contribution in [-0.2, 0) is 5.54 Å². The number of nitrogens with two attached hydrogens (primary N) is 1. The standard InChI is InChI=1S/C11H19N3O/c1-11(2,12)10-13-9(14-15-10)8-6-4-3-5-7-8/h8H,3-7,12H2,1-2H3. The van der Waals surface area contributed by atoms with Gasteiger partial charge in [0.2, 0.25) is 5.89 Å². The third-order valence-corrected chi connectivity index (χ3v) is 2.96. The van der Waals surface area contributed by atoms with Gasteiger partial charge in [0.25, 0.3) is 0 Å². The summed E-state index contributed by atoms with van der Waals surface area (Å²) in [6.45, 7) is 3.76. The van der Waals surface area contributed by atoms with Gasteiger partial charge in [-0.1, -0.05) is 24.4 Å². The van der Waals surface area contributed by atoms with Crippen molar-refractivity contribution < 1.29 is 4.52 Å². The maximum absolute atomic E-state index is 5.90. The molecule has 0 bridgehead atoms. The lowest BCUT2D eigenvalue weighted by molar-refractivity contribution is 0.306. The second-order valence-electron chi connectivity index (χ2n) is 5.01. The molecule has 1 saturated carbocycles. The van der Waals surface area contributed by atoms with Crippen LogP contribution in [-0.4, -0.2) is 10.1 Å². The largest absolute Gasteiger partial charge is 0.337 e. The minimum Gasteiger partial charge on any atom is -0.337 e. The van der Waals surface area contributed by atoms with E-state index in [-0.39, 0.29) is 0 Å². The van der Waals surface area contributed by atoms with Gasteiger partial charge >= 0.3 is 0 Å². The Morgan fingerprint density at radius 2 is 1.93 bits per heavy atom. The van der Waals surface area contributed by atoms with Gasteiger partial charge < -0.3 is 10.3 Å². The van der Waals surface area contributed by atoms with Crippen molar-refractivity contribution in [2.75, 3.05) is 0 Å². The van der Waals surface area contributed by atoms with Crippen LogP contribution < -0.4 is 5.73 Å². The fraction of sp³-hybridized carbons (Fsp3) is 0.818. The van der Waals surface area contributed by atoms with Gasteiger partial charge in [-0.2, -0.15) is 4.98 Å². The van der Waals surface area contributed by atoms with E-state index in [9.17, 15) is 0 Å². The smallest absolute Gasteiger partial charge is 0.246 e. The van der Waals surface area contributed by atoms with E-state index in [2.05, 4.69) is 10.1 Å². The molecule has 1 fully saturated rings. The zero-order valence-corrected chi connectivity index (χ0v) is 9.49. The average molecular weight is 209 g/mol. The predicted octanol–water partition coefficient (Wildman–Crippen LogP) is 2.31. The molecule has 4 nitrogen and oxygen atoms in total. The Labute approximate surface area is 90.2 Å². The van der Waals surface area contributed by atoms with Gasteiger partial charge in [-0.25, -0.2) is 0 Å². The van der Waals surface area contributed by atoms with Crippen LogP contribution in [0.15, 0.2) is 4.52 Å². The van der Waals surface area contributed by atoms with Gasteiger partial charge in [0.1, 0.15) is 0 Å². The maximum atomic E-state index is 5.90. The fourth-order valence-electron chi connectivity index (χ4n) is 2.02. The molecule has 84 valence electrons. The summed E-state index contributed by atoms with van der Waals surface area (Å²) >= 11 is 0. The summed E-state index contributed by atoms with van der Waals surface area (Å²) in [7, 11) is 0. The zero-order chi connectivity index (χ0) is 10.9. The van der Waals surface area contributed by atoms with Crippen molar-refractivity contribution >= 4 is 0 Å². The molecule has 1 aliphatic rings. The summed E-state index contributed by atoms with van der Waals surface area (Å²) < 4.78 is 5.20. The molecule has 15 heavy (non-hydrogen) atoms. The SMILES string of the molecule is CC(C)(N)c1nc(C2CCCCC2)no1. The molecule has 2 N–H and O–H groups in total. The van der Waals surface area contributed by atoms with Crippen molar-refractivity contribution in [2.24, 2.45) is 5.73 Å². The van der Waals surface area contributed by atoms with Crippen LogP contribution in [0.25, 0.3) is 0 Å². The topological polar surface area (TPSA) is 64.9 Å². The first-order valence-corrected chi connectivity index (χ1v) is 5.70. The molecule has 0 atom stereocenters. The Balaban J connectivity index is 2.12. The Bertz CT molecular complexity index is 321. The number of aromatic nitrogens is 2. The molecule has 2 rings (SSSR count). The molecule has 1 aliphatic carbocycles. The van der Waals surface area contributed by atoms with Crippen LogP contribution in [0, 0.1) is 0 Å². The van der Waals surface area contributed by atoms with Gasteiger partial charge in [0, 0.05) is 5.92 Å². The Hall–Kier alpha value is -0.900. The van der Waals surface area contributed by atoms with E-state index >= 15 is 0 Å². The fourth-order valence-corrected chi connectivity index (χ4v) is 2.02. The molecule has 1 heterocycles. The van der Waals surface area contributed by atoms with Crippen LogP contribution >= 0.6 is 0 Å². The Morgan fingerprint density at radius 3 is 2.47 bits per heavy atom. The molecule has 0 unspecified atom stereocenters. The highest BCUT2D eigenvalue weighted by molar-refractivity contribution is 5.02. The van der Waals surface area contributed by atoms with Gasteiger partial charge in [0.15, 0.2) is 5.82 Å². The molecule has 1 aromatic rings. The molecular formula is C11H19N3O. The van der Waals surface area contributed by atoms with Crippen molar-refractivity contribution in [3.05, 3.63) is 11.7 Å². The third kappa shape index (κ3) is 2.37. The molecule has 0 saturated heterocycles. The van der Waals surface area contributed by atoms with Gasteiger partial charge in [-0.3, -0.25) is 0 Å². The van der Waals surface area contributed by atoms with Crippen LogP contribution in [0.1, 0.15) is 63.6 Å². The van der Waals surface area contributed by atoms with E-state index in [1.54, 1.807) is 0 Å². The van der Waals surface area contributed by atoms with E-state index in [1.807, 2.05) is 13.8 Å². The average Bonchev–Trinajstić information content (AvgIpc) is 2.67. The molecular weight excluding hydrogens is 190 g/mol. The number of nitrogens with zero attached hydrogens (tertiary/aromatic N) is 2. The minimum atomic E-state index is -0.528. The molecule has 0 aliphatic heterocycles. The zero-order valence-electron chi connectivity index (χ0n) is 9.49. The second-order valence-corrected chi connectivity index (χ2v) is 5.01. The summed E-state index contributed by atoms with van der Waals surface area (Å²) in [6.07, 6.45) is 6.26. The third-order valence-electron chi connectivity index (χ3n) is 2.96. The highest BCUT2D eigenvalue weighted by atomic mass is 16.5. The first kappa shape index (κ1) is 10.6.